The first-order valence-electron chi connectivity index (χ1n) is 14.9. The summed E-state index contributed by atoms with van der Waals surface area (Å²) < 4.78 is 12.5. The standard InChI is InChI=1S/C32H40N2O3S2/c1-36-26-13-11-23(12-14-26)28-20-25(8-4-2-5-15-33-16-6-3-7-17-33)29(37-28)21-30-31(35)34(32(38)39-30)27-19-22-9-10-24(27)18-22/h11-14,20-22,24,27H,2-10,15-19H2,1H3/b30-21-. The molecule has 1 aromatic carbocycles. The maximum Gasteiger partial charge on any atom is 0.266 e. The molecule has 208 valence electrons. The van der Waals surface area contributed by atoms with E-state index in [2.05, 4.69) is 11.0 Å². The number of fused-ring (bicyclic) bond motifs is 2. The molecule has 3 atom stereocenters. The molecule has 2 aromatic rings. The molecule has 6 rings (SSSR count). The normalized spacial score (nSPS) is 26.3. The minimum absolute atomic E-state index is 0.0671. The van der Waals surface area contributed by atoms with Crippen molar-refractivity contribution in [1.82, 2.24) is 9.80 Å². The summed E-state index contributed by atoms with van der Waals surface area (Å²) in [7, 11) is 1.68. The van der Waals surface area contributed by atoms with Gasteiger partial charge in [-0.05, 0) is 119 Å². The maximum atomic E-state index is 13.6. The van der Waals surface area contributed by atoms with Gasteiger partial charge in [0.2, 0.25) is 0 Å². The lowest BCUT2D eigenvalue weighted by Gasteiger charge is -2.30. The highest BCUT2D eigenvalue weighted by atomic mass is 32.2. The van der Waals surface area contributed by atoms with Crippen molar-refractivity contribution in [3.05, 3.63) is 46.6 Å². The zero-order chi connectivity index (χ0) is 26.8. The van der Waals surface area contributed by atoms with Gasteiger partial charge in [0.05, 0.1) is 12.0 Å². The first-order valence-corrected chi connectivity index (χ1v) is 16.1. The first-order chi connectivity index (χ1) is 19.1. The molecule has 2 aliphatic heterocycles. The number of rotatable bonds is 10. The third-order valence-electron chi connectivity index (χ3n) is 9.20. The molecule has 0 spiro atoms. The summed E-state index contributed by atoms with van der Waals surface area (Å²) in [6.45, 7) is 3.73. The number of benzene rings is 1. The third kappa shape index (κ3) is 6.01. The van der Waals surface area contributed by atoms with E-state index in [1.165, 1.54) is 88.3 Å². The molecule has 3 unspecified atom stereocenters. The van der Waals surface area contributed by atoms with E-state index in [1.54, 1.807) is 7.11 Å². The van der Waals surface area contributed by atoms with Gasteiger partial charge in [0.25, 0.3) is 5.91 Å². The Morgan fingerprint density at radius 3 is 2.62 bits per heavy atom. The molecule has 7 heteroatoms. The van der Waals surface area contributed by atoms with Crippen molar-refractivity contribution in [3.8, 4) is 17.1 Å². The predicted molar refractivity (Wildman–Crippen MR) is 163 cm³/mol. The van der Waals surface area contributed by atoms with Gasteiger partial charge < -0.3 is 14.1 Å². The number of nitrogens with zero attached hydrogens (tertiary/aromatic N) is 2. The molecule has 2 aliphatic carbocycles. The number of methoxy groups -OCH3 is 1. The van der Waals surface area contributed by atoms with E-state index >= 15 is 0 Å². The predicted octanol–water partition coefficient (Wildman–Crippen LogP) is 7.54. The van der Waals surface area contributed by atoms with Crippen LogP contribution in [0.4, 0.5) is 0 Å². The zero-order valence-electron chi connectivity index (χ0n) is 23.0. The van der Waals surface area contributed by atoms with Gasteiger partial charge in [-0.1, -0.05) is 43.2 Å². The number of carbonyl (C=O) groups excluding carboxylic acids is 1. The number of thioether (sulfide) groups is 1. The summed E-state index contributed by atoms with van der Waals surface area (Å²) >= 11 is 7.18. The molecular weight excluding hydrogens is 524 g/mol. The van der Waals surface area contributed by atoms with Crippen molar-refractivity contribution >= 4 is 40.3 Å². The SMILES string of the molecule is COc1ccc(-c2cc(CCCCCN3CCCCC3)c(/C=C3\SC(=S)N(C4CC5CCC4C5)C3=O)o2)cc1. The summed E-state index contributed by atoms with van der Waals surface area (Å²) in [5.74, 6) is 3.90. The van der Waals surface area contributed by atoms with Gasteiger partial charge >= 0.3 is 0 Å². The van der Waals surface area contributed by atoms with E-state index in [0.29, 0.717) is 15.1 Å². The van der Waals surface area contributed by atoms with Gasteiger partial charge in [-0.25, -0.2) is 0 Å². The van der Waals surface area contributed by atoms with Crippen LogP contribution >= 0.6 is 24.0 Å². The van der Waals surface area contributed by atoms with Crippen molar-refractivity contribution in [3.63, 3.8) is 0 Å². The number of amides is 1. The summed E-state index contributed by atoms with van der Waals surface area (Å²) in [6.07, 6.45) is 15.4. The molecule has 0 N–H and O–H groups in total. The molecule has 4 aliphatic rings. The van der Waals surface area contributed by atoms with Gasteiger partial charge in [0.15, 0.2) is 0 Å². The van der Waals surface area contributed by atoms with Crippen LogP contribution in [0, 0.1) is 11.8 Å². The van der Waals surface area contributed by atoms with Gasteiger partial charge in [0.1, 0.15) is 21.6 Å². The summed E-state index contributed by atoms with van der Waals surface area (Å²) in [4.78, 5) is 18.8. The summed E-state index contributed by atoms with van der Waals surface area (Å²) in [5, 5.41) is 0. The molecular formula is C32H40N2O3S2. The summed E-state index contributed by atoms with van der Waals surface area (Å²) in [5.41, 5.74) is 2.18. The number of piperidine rings is 1. The highest BCUT2D eigenvalue weighted by Gasteiger charge is 2.48. The number of ether oxygens (including phenoxy) is 1. The Bertz CT molecular complexity index is 1210. The highest BCUT2D eigenvalue weighted by Crippen LogP contribution is 2.49. The Morgan fingerprint density at radius 2 is 1.90 bits per heavy atom. The first kappa shape index (κ1) is 27.1. The Kier molecular flexibility index (Phi) is 8.47. The number of thiocarbonyl (C=S) groups is 1. The van der Waals surface area contributed by atoms with Crippen LogP contribution in [0.25, 0.3) is 17.4 Å². The second kappa shape index (κ2) is 12.2. The quantitative estimate of drug-likeness (QED) is 0.169. The smallest absolute Gasteiger partial charge is 0.266 e. The van der Waals surface area contributed by atoms with E-state index < -0.39 is 0 Å². The Labute approximate surface area is 242 Å². The van der Waals surface area contributed by atoms with E-state index in [-0.39, 0.29) is 11.9 Å². The third-order valence-corrected chi connectivity index (χ3v) is 10.5. The van der Waals surface area contributed by atoms with Gasteiger partial charge in [-0.15, -0.1) is 0 Å². The molecule has 1 aromatic heterocycles. The number of hydrogen-bond acceptors (Lipinski definition) is 6. The molecule has 2 bridgehead atoms. The number of unbranched alkanes of at least 4 members (excludes halogenated alkanes) is 2. The molecule has 1 amide bonds. The van der Waals surface area contributed by atoms with Crippen LogP contribution in [0.15, 0.2) is 39.7 Å². The van der Waals surface area contributed by atoms with Crippen LogP contribution in [-0.4, -0.2) is 52.8 Å². The fourth-order valence-corrected chi connectivity index (χ4v) is 8.42. The fraction of sp³-hybridized carbons (Fsp3) is 0.562. The summed E-state index contributed by atoms with van der Waals surface area (Å²) in [6, 6.07) is 10.4. The molecule has 4 fully saturated rings. The average molecular weight is 565 g/mol. The van der Waals surface area contributed by atoms with Crippen LogP contribution in [0.5, 0.6) is 5.75 Å². The average Bonchev–Trinajstić information content (AvgIpc) is 3.74. The van der Waals surface area contributed by atoms with Crippen LogP contribution in [0.2, 0.25) is 0 Å². The van der Waals surface area contributed by atoms with Crippen LogP contribution in [-0.2, 0) is 11.2 Å². The van der Waals surface area contributed by atoms with Crippen LogP contribution in [0.3, 0.4) is 0 Å². The van der Waals surface area contributed by atoms with Crippen molar-refractivity contribution in [2.75, 3.05) is 26.7 Å². The number of hydrogen-bond donors (Lipinski definition) is 0. The minimum atomic E-state index is 0.0671. The van der Waals surface area contributed by atoms with E-state index in [9.17, 15) is 4.79 Å². The number of aryl methyl sites for hydroxylation is 1. The monoisotopic (exact) mass is 564 g/mol. The number of furan rings is 1. The molecule has 2 saturated carbocycles. The van der Waals surface area contributed by atoms with Crippen LogP contribution in [0.1, 0.15) is 75.5 Å². The maximum absolute atomic E-state index is 13.6. The van der Waals surface area contributed by atoms with Gasteiger partial charge in [0, 0.05) is 17.7 Å². The van der Waals surface area contributed by atoms with Gasteiger partial charge in [-0.3, -0.25) is 9.69 Å². The highest BCUT2D eigenvalue weighted by molar-refractivity contribution is 8.26. The molecule has 0 radical (unpaired) electrons. The van der Waals surface area contributed by atoms with E-state index in [4.69, 9.17) is 21.4 Å². The fourth-order valence-electron chi connectivity index (χ4n) is 7.08. The lowest BCUT2D eigenvalue weighted by Crippen LogP contribution is -2.41. The van der Waals surface area contributed by atoms with E-state index in [1.807, 2.05) is 35.2 Å². The van der Waals surface area contributed by atoms with Crippen molar-refractivity contribution in [1.29, 1.82) is 0 Å². The Morgan fingerprint density at radius 1 is 1.08 bits per heavy atom. The zero-order valence-corrected chi connectivity index (χ0v) is 24.7. The second-order valence-electron chi connectivity index (χ2n) is 11.7. The Hall–Kier alpha value is -2.09. The molecule has 5 nitrogen and oxygen atoms in total. The number of likely N-dealkylation sites (tertiary alicyclic amines) is 1. The lowest BCUT2D eigenvalue weighted by molar-refractivity contribution is -0.124. The van der Waals surface area contributed by atoms with Crippen molar-refractivity contribution in [2.24, 2.45) is 11.8 Å². The number of carbonyl (C=O) groups is 1. The van der Waals surface area contributed by atoms with Crippen LogP contribution < -0.4 is 4.74 Å². The van der Waals surface area contributed by atoms with Gasteiger partial charge in [-0.2, -0.15) is 0 Å². The van der Waals surface area contributed by atoms with Crippen molar-refractivity contribution in [2.45, 2.75) is 76.7 Å². The van der Waals surface area contributed by atoms with E-state index in [0.717, 1.165) is 48.0 Å². The lowest BCUT2D eigenvalue weighted by atomic mass is 9.94. The largest absolute Gasteiger partial charge is 0.497 e. The molecule has 39 heavy (non-hydrogen) atoms. The van der Waals surface area contributed by atoms with Crippen molar-refractivity contribution < 1.29 is 13.9 Å². The molecule has 2 saturated heterocycles. The minimum Gasteiger partial charge on any atom is -0.497 e. The topological polar surface area (TPSA) is 45.9 Å². The molecule has 3 heterocycles. The second-order valence-corrected chi connectivity index (χ2v) is 13.4. The Balaban J connectivity index is 1.18.